The van der Waals surface area contributed by atoms with Gasteiger partial charge in [0, 0.05) is 48.6 Å². The van der Waals surface area contributed by atoms with Crippen molar-refractivity contribution in [3.8, 4) is 23.7 Å². The zero-order valence-electron chi connectivity index (χ0n) is 25.9. The molecule has 1 aromatic heterocycles. The minimum absolute atomic E-state index is 0.128. The fraction of sp³-hybridized carbons (Fsp3) is 0.618. The predicted octanol–water partition coefficient (Wildman–Crippen LogP) is 8.20. The number of hydrogen-bond acceptors (Lipinski definition) is 3. The van der Waals surface area contributed by atoms with Crippen molar-refractivity contribution in [2.24, 2.45) is 4.99 Å². The average Bonchev–Trinajstić information content (AvgIpc) is 3.36. The highest BCUT2D eigenvalue weighted by Gasteiger charge is 2.31. The lowest BCUT2D eigenvalue weighted by Crippen LogP contribution is -2.18. The van der Waals surface area contributed by atoms with Crippen LogP contribution in [0.5, 0.6) is 0 Å². The molecule has 2 N–H and O–H groups in total. The molecule has 2 rings (SSSR count). The smallest absolute Gasteiger partial charge is 0.396 e. The van der Waals surface area contributed by atoms with E-state index >= 15 is 0 Å². The summed E-state index contributed by atoms with van der Waals surface area (Å²) in [5.74, 6) is 12.8. The van der Waals surface area contributed by atoms with Crippen molar-refractivity contribution in [1.29, 1.82) is 0 Å². The Morgan fingerprint density at radius 1 is 0.805 bits per heavy atom. The van der Waals surface area contributed by atoms with Crippen LogP contribution in [-0.2, 0) is 0 Å². The molecule has 0 spiro atoms. The first-order chi connectivity index (χ1) is 19.8. The maximum absolute atomic E-state index is 14.7. The van der Waals surface area contributed by atoms with Gasteiger partial charge in [-0.15, -0.1) is 0 Å². The van der Waals surface area contributed by atoms with Gasteiger partial charge in [-0.05, 0) is 77.4 Å². The van der Waals surface area contributed by atoms with Crippen molar-refractivity contribution in [1.82, 2.24) is 4.48 Å². The molecule has 0 radical (unpaired) electrons. The zero-order valence-corrected chi connectivity index (χ0v) is 25.9. The van der Waals surface area contributed by atoms with E-state index < -0.39 is 7.40 Å². The molecule has 0 unspecified atom stereocenters. The molecule has 0 aliphatic carbocycles. The Balaban J connectivity index is 2.57. The van der Waals surface area contributed by atoms with E-state index in [1.165, 1.54) is 25.7 Å². The Hall–Kier alpha value is -2.61. The summed E-state index contributed by atoms with van der Waals surface area (Å²) in [4.78, 5) is 4.92. The van der Waals surface area contributed by atoms with Crippen LogP contribution in [0.2, 0.25) is 0 Å². The molecule has 1 aliphatic heterocycles. The Bertz CT molecular complexity index is 1220. The molecule has 0 fully saturated rings. The van der Waals surface area contributed by atoms with Gasteiger partial charge < -0.3 is 14.7 Å². The van der Waals surface area contributed by atoms with Crippen LogP contribution in [0.1, 0.15) is 133 Å². The largest absolute Gasteiger partial charge is 0.677 e. The lowest BCUT2D eigenvalue weighted by molar-refractivity contribution is 0.285. The number of rotatable bonds is 16. The molecular formula is C34H49BF2N2O2. The molecule has 41 heavy (non-hydrogen) atoms. The van der Waals surface area contributed by atoms with E-state index in [1.807, 2.05) is 20.8 Å². The second-order valence-corrected chi connectivity index (χ2v) is 10.9. The highest BCUT2D eigenvalue weighted by molar-refractivity contribution is 6.41. The molecule has 0 bridgehead atoms. The van der Waals surface area contributed by atoms with Crippen LogP contribution in [0.4, 0.5) is 8.63 Å². The summed E-state index contributed by atoms with van der Waals surface area (Å²) >= 11 is 0. The molecule has 224 valence electrons. The van der Waals surface area contributed by atoms with Gasteiger partial charge in [-0.2, -0.15) is 0 Å². The van der Waals surface area contributed by atoms with Crippen molar-refractivity contribution in [2.75, 3.05) is 13.2 Å². The fourth-order valence-corrected chi connectivity index (χ4v) is 5.39. The van der Waals surface area contributed by atoms with Crippen molar-refractivity contribution in [2.45, 2.75) is 125 Å². The van der Waals surface area contributed by atoms with Gasteiger partial charge in [-0.1, -0.05) is 69.1 Å². The second kappa shape index (κ2) is 18.8. The molecule has 0 amide bonds. The number of aliphatic hydroxyl groups is 2. The van der Waals surface area contributed by atoms with Crippen molar-refractivity contribution in [3.05, 3.63) is 39.4 Å². The molecular weight excluding hydrogens is 517 g/mol. The highest BCUT2D eigenvalue weighted by Crippen LogP contribution is 2.39. The van der Waals surface area contributed by atoms with Gasteiger partial charge in [0.1, 0.15) is 0 Å². The van der Waals surface area contributed by atoms with Crippen molar-refractivity contribution >= 4 is 18.7 Å². The third-order valence-corrected chi connectivity index (χ3v) is 7.71. The van der Waals surface area contributed by atoms with E-state index in [9.17, 15) is 8.63 Å². The number of halogens is 2. The first-order valence-electron chi connectivity index (χ1n) is 15.5. The average molecular weight is 567 g/mol. The number of aliphatic imine (C=N–C) groups is 1. The van der Waals surface area contributed by atoms with Gasteiger partial charge in [0.2, 0.25) is 0 Å². The zero-order chi connectivity index (χ0) is 30.2. The van der Waals surface area contributed by atoms with Gasteiger partial charge in [0.25, 0.3) is 0 Å². The Morgan fingerprint density at radius 3 is 1.98 bits per heavy atom. The Morgan fingerprint density at radius 2 is 1.39 bits per heavy atom. The van der Waals surface area contributed by atoms with E-state index in [-0.39, 0.29) is 13.2 Å². The first-order valence-corrected chi connectivity index (χ1v) is 15.5. The highest BCUT2D eigenvalue weighted by atomic mass is 19.2. The van der Waals surface area contributed by atoms with E-state index in [2.05, 4.69) is 30.6 Å². The summed E-state index contributed by atoms with van der Waals surface area (Å²) in [6.45, 7) is 10.1. The van der Waals surface area contributed by atoms with Gasteiger partial charge in [0.05, 0.1) is 17.0 Å². The normalized spacial score (nSPS) is 14.0. The van der Waals surface area contributed by atoms with Crippen LogP contribution in [0.3, 0.4) is 0 Å². The molecule has 0 aromatic carbocycles. The molecule has 0 saturated heterocycles. The van der Waals surface area contributed by atoms with Gasteiger partial charge in [0.15, 0.2) is 0 Å². The Kier molecular flexibility index (Phi) is 15.8. The lowest BCUT2D eigenvalue weighted by atomic mass is 9.94. The second-order valence-electron chi connectivity index (χ2n) is 10.9. The Labute approximate surface area is 247 Å². The summed E-state index contributed by atoms with van der Waals surface area (Å²) in [7, 11) is -2.69. The number of hydrogen-bond donors (Lipinski definition) is 2. The summed E-state index contributed by atoms with van der Waals surface area (Å²) in [6.07, 6.45) is 13.0. The molecule has 4 nitrogen and oxygen atoms in total. The van der Waals surface area contributed by atoms with Crippen LogP contribution in [0, 0.1) is 37.5 Å². The molecule has 0 atom stereocenters. The molecule has 2 heterocycles. The summed E-state index contributed by atoms with van der Waals surface area (Å²) < 4.78 is 30.5. The number of aliphatic hydroxyl groups excluding tert-OH is 2. The minimum Gasteiger partial charge on any atom is -0.396 e. The third-order valence-electron chi connectivity index (χ3n) is 7.71. The van der Waals surface area contributed by atoms with E-state index in [0.29, 0.717) is 42.6 Å². The molecule has 0 saturated carbocycles. The molecule has 1 aliphatic rings. The maximum atomic E-state index is 14.7. The topological polar surface area (TPSA) is 57.8 Å². The third kappa shape index (κ3) is 10.0. The van der Waals surface area contributed by atoms with Crippen LogP contribution in [0.25, 0.3) is 5.57 Å². The van der Waals surface area contributed by atoms with Crippen LogP contribution in [0.15, 0.2) is 21.8 Å². The summed E-state index contributed by atoms with van der Waals surface area (Å²) in [5.41, 5.74) is 6.67. The molecule has 1 aromatic rings. The standard InChI is InChI=1S/C34H49BF2N2O2/c1-6-7-8-9-10-11-18-23-32(33-26(2)30(28(4)38-33)21-16-12-14-19-24-40)34-27(3)31(22-17-13-15-20-25-41)29(5)39(34)35(36)37/h40-41H,6-15,18-20,23-25H2,1-5H3/b33-32-. The van der Waals surface area contributed by atoms with Gasteiger partial charge in [-0.3, -0.25) is 13.6 Å². The lowest BCUT2D eigenvalue weighted by Gasteiger charge is -2.16. The number of nitrogens with zero attached hydrogens (tertiary/aromatic N) is 2. The van der Waals surface area contributed by atoms with Crippen LogP contribution >= 0.6 is 0 Å². The van der Waals surface area contributed by atoms with E-state index in [4.69, 9.17) is 15.2 Å². The minimum atomic E-state index is -2.69. The monoisotopic (exact) mass is 566 g/mol. The van der Waals surface area contributed by atoms with E-state index in [0.717, 1.165) is 76.7 Å². The SMILES string of the molecule is CCCCCCCCC/C(=C1/N=C(C)C(C#CCCCCO)=C1C)c1c(C)c(C#CCCCCO)c(C)n1B(F)F. The quantitative estimate of drug-likeness (QED) is 0.120. The number of allylic oxidation sites excluding steroid dienone is 3. The van der Waals surface area contributed by atoms with Crippen LogP contribution in [-0.4, -0.2) is 41.0 Å². The van der Waals surface area contributed by atoms with Gasteiger partial charge in [-0.25, -0.2) is 0 Å². The number of aromatic nitrogens is 1. The summed E-state index contributed by atoms with van der Waals surface area (Å²) in [5, 5.41) is 18.1. The summed E-state index contributed by atoms with van der Waals surface area (Å²) in [6, 6.07) is 0. The van der Waals surface area contributed by atoms with Gasteiger partial charge >= 0.3 is 7.40 Å². The first kappa shape index (κ1) is 34.6. The van der Waals surface area contributed by atoms with Crippen molar-refractivity contribution in [3.63, 3.8) is 0 Å². The van der Waals surface area contributed by atoms with E-state index in [1.54, 1.807) is 6.92 Å². The number of unbranched alkanes of at least 4 members (excludes halogenated alkanes) is 10. The maximum Gasteiger partial charge on any atom is 0.677 e. The van der Waals surface area contributed by atoms with Crippen molar-refractivity contribution < 1.29 is 18.8 Å². The molecule has 7 heteroatoms. The fourth-order valence-electron chi connectivity index (χ4n) is 5.39. The predicted molar refractivity (Wildman–Crippen MR) is 169 cm³/mol. The van der Waals surface area contributed by atoms with Crippen LogP contribution < -0.4 is 0 Å².